The second kappa shape index (κ2) is 5.48. The number of hydrogen-bond acceptors (Lipinski definition) is 5. The number of hydrogen-bond donors (Lipinski definition) is 1. The Morgan fingerprint density at radius 2 is 1.95 bits per heavy atom. The van der Waals surface area contributed by atoms with E-state index in [1.807, 2.05) is 39.1 Å². The molecule has 98 valence electrons. The summed E-state index contributed by atoms with van der Waals surface area (Å²) in [6.45, 7) is 3.95. The Hall–Kier alpha value is -2.43. The van der Waals surface area contributed by atoms with E-state index in [2.05, 4.69) is 15.1 Å². The third-order valence-electron chi connectivity index (χ3n) is 2.74. The topological polar surface area (TPSA) is 67.4 Å². The number of anilines is 2. The third kappa shape index (κ3) is 3.07. The van der Waals surface area contributed by atoms with Crippen LogP contribution in [0.4, 0.5) is 11.6 Å². The van der Waals surface area contributed by atoms with Crippen LogP contribution in [0.3, 0.4) is 0 Å². The predicted molar refractivity (Wildman–Crippen MR) is 78.2 cm³/mol. The second-order valence-electron chi connectivity index (χ2n) is 4.35. The zero-order valence-electron chi connectivity index (χ0n) is 11.3. The molecule has 19 heavy (non-hydrogen) atoms. The summed E-state index contributed by atoms with van der Waals surface area (Å²) in [5.74, 6) is 0.549. The van der Waals surface area contributed by atoms with Gasteiger partial charge in [0.05, 0.1) is 5.71 Å². The van der Waals surface area contributed by atoms with Crippen LogP contribution < -0.4 is 10.7 Å². The minimum absolute atomic E-state index is 0.549. The van der Waals surface area contributed by atoms with Crippen molar-refractivity contribution in [2.24, 2.45) is 5.10 Å². The summed E-state index contributed by atoms with van der Waals surface area (Å²) in [5.41, 5.74) is 9.60. The SMILES string of the molecule is C/C(=N\N(C)c1ncccn1)c1cc(C)ccc1N. The molecule has 0 amide bonds. The third-order valence-corrected chi connectivity index (χ3v) is 2.74. The monoisotopic (exact) mass is 255 g/mol. The zero-order valence-corrected chi connectivity index (χ0v) is 11.3. The maximum atomic E-state index is 5.97. The van der Waals surface area contributed by atoms with E-state index in [1.54, 1.807) is 23.5 Å². The summed E-state index contributed by atoms with van der Waals surface area (Å²) in [6, 6.07) is 7.67. The van der Waals surface area contributed by atoms with Crippen molar-refractivity contribution < 1.29 is 0 Å². The number of nitrogens with zero attached hydrogens (tertiary/aromatic N) is 4. The van der Waals surface area contributed by atoms with E-state index in [9.17, 15) is 0 Å². The maximum absolute atomic E-state index is 5.97. The molecule has 0 aliphatic carbocycles. The first-order valence-corrected chi connectivity index (χ1v) is 6.00. The summed E-state index contributed by atoms with van der Waals surface area (Å²) in [4.78, 5) is 8.28. The quantitative estimate of drug-likeness (QED) is 0.519. The Bertz CT molecular complexity index is 592. The van der Waals surface area contributed by atoms with E-state index in [0.29, 0.717) is 11.6 Å². The highest BCUT2D eigenvalue weighted by atomic mass is 15.5. The van der Waals surface area contributed by atoms with Crippen molar-refractivity contribution in [2.75, 3.05) is 17.8 Å². The molecule has 0 unspecified atom stereocenters. The highest BCUT2D eigenvalue weighted by Gasteiger charge is 2.06. The molecule has 5 heteroatoms. The summed E-state index contributed by atoms with van der Waals surface area (Å²) in [7, 11) is 1.81. The smallest absolute Gasteiger partial charge is 0.245 e. The van der Waals surface area contributed by atoms with Crippen LogP contribution in [0.5, 0.6) is 0 Å². The molecule has 0 fully saturated rings. The van der Waals surface area contributed by atoms with E-state index >= 15 is 0 Å². The summed E-state index contributed by atoms with van der Waals surface area (Å²) in [6.07, 6.45) is 3.37. The van der Waals surface area contributed by atoms with Crippen LogP contribution in [0, 0.1) is 6.92 Å². The Morgan fingerprint density at radius 3 is 2.63 bits per heavy atom. The van der Waals surface area contributed by atoms with E-state index in [4.69, 9.17) is 5.73 Å². The number of benzene rings is 1. The minimum Gasteiger partial charge on any atom is -0.398 e. The molecule has 5 nitrogen and oxygen atoms in total. The van der Waals surface area contributed by atoms with Gasteiger partial charge in [0.2, 0.25) is 5.95 Å². The lowest BCUT2D eigenvalue weighted by atomic mass is 10.1. The zero-order chi connectivity index (χ0) is 13.8. The molecule has 0 saturated heterocycles. The summed E-state index contributed by atoms with van der Waals surface area (Å²) in [5, 5.41) is 6.10. The van der Waals surface area contributed by atoms with Gasteiger partial charge in [-0.1, -0.05) is 11.6 Å². The maximum Gasteiger partial charge on any atom is 0.245 e. The van der Waals surface area contributed by atoms with Crippen LogP contribution in [-0.2, 0) is 0 Å². The molecule has 2 N–H and O–H groups in total. The van der Waals surface area contributed by atoms with Crippen molar-refractivity contribution in [2.45, 2.75) is 13.8 Å². The predicted octanol–water partition coefficient (Wildman–Crippen LogP) is 2.23. The normalized spacial score (nSPS) is 11.4. The second-order valence-corrected chi connectivity index (χ2v) is 4.35. The molecular weight excluding hydrogens is 238 g/mol. The molecule has 0 spiro atoms. The van der Waals surface area contributed by atoms with Gasteiger partial charge < -0.3 is 5.73 Å². The molecule has 1 heterocycles. The Morgan fingerprint density at radius 1 is 1.26 bits per heavy atom. The van der Waals surface area contributed by atoms with Gasteiger partial charge in [0.25, 0.3) is 0 Å². The van der Waals surface area contributed by atoms with Gasteiger partial charge in [-0.25, -0.2) is 15.0 Å². The van der Waals surface area contributed by atoms with Crippen molar-refractivity contribution in [1.29, 1.82) is 0 Å². The van der Waals surface area contributed by atoms with Gasteiger partial charge in [-0.05, 0) is 32.0 Å². The average molecular weight is 255 g/mol. The Labute approximate surface area is 112 Å². The molecule has 2 aromatic rings. The fourth-order valence-electron chi connectivity index (χ4n) is 1.77. The lowest BCUT2D eigenvalue weighted by Crippen LogP contribution is -2.15. The molecule has 2 rings (SSSR count). The van der Waals surface area contributed by atoms with Gasteiger partial charge in [-0.2, -0.15) is 5.10 Å². The number of aromatic nitrogens is 2. The Kier molecular flexibility index (Phi) is 3.75. The highest BCUT2D eigenvalue weighted by Crippen LogP contribution is 2.15. The molecule has 0 saturated carbocycles. The summed E-state index contributed by atoms with van der Waals surface area (Å²) >= 11 is 0. The average Bonchev–Trinajstić information content (AvgIpc) is 2.42. The largest absolute Gasteiger partial charge is 0.398 e. The Balaban J connectivity index is 2.30. The molecule has 0 aliphatic heterocycles. The van der Waals surface area contributed by atoms with Crippen molar-refractivity contribution in [3.05, 3.63) is 47.8 Å². The van der Waals surface area contributed by atoms with Crippen molar-refractivity contribution >= 4 is 17.3 Å². The number of rotatable bonds is 3. The first kappa shape index (κ1) is 13.0. The number of hydrazone groups is 1. The van der Waals surface area contributed by atoms with Crippen LogP contribution in [-0.4, -0.2) is 22.7 Å². The van der Waals surface area contributed by atoms with E-state index in [0.717, 1.165) is 16.8 Å². The molecular formula is C14H17N5. The van der Waals surface area contributed by atoms with Crippen molar-refractivity contribution in [1.82, 2.24) is 9.97 Å². The van der Waals surface area contributed by atoms with Crippen LogP contribution in [0.25, 0.3) is 0 Å². The molecule has 0 aliphatic rings. The molecule has 1 aromatic carbocycles. The standard InChI is InChI=1S/C14H17N5/c1-10-5-6-13(15)12(9-10)11(2)18-19(3)14-16-7-4-8-17-14/h4-9H,15H2,1-3H3/b18-11+. The molecule has 0 radical (unpaired) electrons. The van der Waals surface area contributed by atoms with E-state index in [-0.39, 0.29) is 0 Å². The van der Waals surface area contributed by atoms with Crippen LogP contribution in [0.15, 0.2) is 41.8 Å². The lowest BCUT2D eigenvalue weighted by molar-refractivity contribution is 0.928. The van der Waals surface area contributed by atoms with E-state index in [1.165, 1.54) is 0 Å². The van der Waals surface area contributed by atoms with Crippen LogP contribution in [0.1, 0.15) is 18.1 Å². The first-order valence-electron chi connectivity index (χ1n) is 6.00. The number of aryl methyl sites for hydroxylation is 1. The van der Waals surface area contributed by atoms with Gasteiger partial charge >= 0.3 is 0 Å². The van der Waals surface area contributed by atoms with Gasteiger partial charge in [0.15, 0.2) is 0 Å². The number of nitrogen functional groups attached to an aromatic ring is 1. The van der Waals surface area contributed by atoms with Crippen molar-refractivity contribution in [3.63, 3.8) is 0 Å². The lowest BCUT2D eigenvalue weighted by Gasteiger charge is -2.13. The molecule has 0 bridgehead atoms. The first-order chi connectivity index (χ1) is 9.08. The fraction of sp³-hybridized carbons (Fsp3) is 0.214. The van der Waals surface area contributed by atoms with Gasteiger partial charge in [-0.15, -0.1) is 0 Å². The van der Waals surface area contributed by atoms with Crippen LogP contribution >= 0.6 is 0 Å². The molecule has 1 aromatic heterocycles. The highest BCUT2D eigenvalue weighted by molar-refractivity contribution is 6.03. The summed E-state index contributed by atoms with van der Waals surface area (Å²) < 4.78 is 0. The molecule has 0 atom stereocenters. The van der Waals surface area contributed by atoms with Crippen LogP contribution in [0.2, 0.25) is 0 Å². The van der Waals surface area contributed by atoms with Gasteiger partial charge in [0.1, 0.15) is 0 Å². The minimum atomic E-state index is 0.549. The fourth-order valence-corrected chi connectivity index (χ4v) is 1.77. The van der Waals surface area contributed by atoms with E-state index < -0.39 is 0 Å². The van der Waals surface area contributed by atoms with Crippen molar-refractivity contribution in [3.8, 4) is 0 Å². The van der Waals surface area contributed by atoms with Gasteiger partial charge in [0, 0.05) is 30.7 Å². The number of nitrogens with two attached hydrogens (primary N) is 1. The van der Waals surface area contributed by atoms with Gasteiger partial charge in [-0.3, -0.25) is 0 Å².